The minimum absolute atomic E-state index is 0.0849. The van der Waals surface area contributed by atoms with E-state index in [1.54, 1.807) is 6.92 Å². The molecule has 0 amide bonds. The van der Waals surface area contributed by atoms with E-state index in [-0.39, 0.29) is 29.5 Å². The van der Waals surface area contributed by atoms with Gasteiger partial charge >= 0.3 is 5.97 Å². The summed E-state index contributed by atoms with van der Waals surface area (Å²) in [6.45, 7) is 2.00. The van der Waals surface area contributed by atoms with Crippen molar-refractivity contribution in [2.45, 2.75) is 24.7 Å². The molecule has 0 saturated heterocycles. The van der Waals surface area contributed by atoms with Crippen LogP contribution in [0, 0.1) is 0 Å². The Labute approximate surface area is 128 Å². The van der Waals surface area contributed by atoms with Crippen LogP contribution in [0.5, 0.6) is 11.5 Å². The summed E-state index contributed by atoms with van der Waals surface area (Å²) in [6, 6.07) is 2.77. The van der Waals surface area contributed by atoms with Crippen molar-refractivity contribution < 1.29 is 27.4 Å². The second-order valence-corrected chi connectivity index (χ2v) is 6.59. The summed E-state index contributed by atoms with van der Waals surface area (Å²) in [5.74, 6) is 0.132. The molecule has 0 aliphatic carbocycles. The highest BCUT2D eigenvalue weighted by Gasteiger charge is 2.21. The standard InChI is InChI=1S/C13H17ClO6S/c1-4-20-13(15)6-5-9-7-12(21(14,16)17)11(19-3)8-10(9)18-2/h7-8H,4-6H2,1-3H3. The van der Waals surface area contributed by atoms with Gasteiger partial charge in [0.2, 0.25) is 0 Å². The number of methoxy groups -OCH3 is 2. The maximum Gasteiger partial charge on any atom is 0.306 e. The lowest BCUT2D eigenvalue weighted by Gasteiger charge is -2.13. The zero-order valence-electron chi connectivity index (χ0n) is 12.0. The SMILES string of the molecule is CCOC(=O)CCc1cc(S(=O)(=O)Cl)c(OC)cc1OC. The van der Waals surface area contributed by atoms with Crippen LogP contribution in [-0.2, 0) is 25.0 Å². The van der Waals surface area contributed by atoms with Crippen LogP contribution in [-0.4, -0.2) is 35.2 Å². The smallest absolute Gasteiger partial charge is 0.306 e. The third-order valence-corrected chi connectivity index (χ3v) is 4.08. The molecule has 0 atom stereocenters. The van der Waals surface area contributed by atoms with E-state index in [2.05, 4.69) is 0 Å². The van der Waals surface area contributed by atoms with E-state index in [1.807, 2.05) is 0 Å². The van der Waals surface area contributed by atoms with E-state index in [9.17, 15) is 13.2 Å². The Morgan fingerprint density at radius 3 is 2.29 bits per heavy atom. The summed E-state index contributed by atoms with van der Waals surface area (Å²) in [4.78, 5) is 11.2. The normalized spacial score (nSPS) is 11.0. The Morgan fingerprint density at radius 1 is 1.19 bits per heavy atom. The molecule has 6 nitrogen and oxygen atoms in total. The second-order valence-electron chi connectivity index (χ2n) is 4.06. The maximum atomic E-state index is 11.6. The highest BCUT2D eigenvalue weighted by molar-refractivity contribution is 8.13. The molecule has 0 aromatic heterocycles. The molecule has 21 heavy (non-hydrogen) atoms. The molecule has 8 heteroatoms. The van der Waals surface area contributed by atoms with Gasteiger partial charge in [-0.3, -0.25) is 4.79 Å². The molecule has 0 fully saturated rings. The second kappa shape index (κ2) is 7.51. The van der Waals surface area contributed by atoms with Crippen LogP contribution in [0.3, 0.4) is 0 Å². The molecule has 0 heterocycles. The summed E-state index contributed by atoms with van der Waals surface area (Å²) >= 11 is 0. The lowest BCUT2D eigenvalue weighted by Crippen LogP contribution is -2.07. The van der Waals surface area contributed by atoms with Crippen LogP contribution in [0.4, 0.5) is 0 Å². The summed E-state index contributed by atoms with van der Waals surface area (Å²) in [7, 11) is 4.19. The van der Waals surface area contributed by atoms with E-state index >= 15 is 0 Å². The first kappa shape index (κ1) is 17.6. The third kappa shape index (κ3) is 4.78. The molecule has 0 radical (unpaired) electrons. The first-order valence-corrected chi connectivity index (χ1v) is 8.49. The van der Waals surface area contributed by atoms with Crippen molar-refractivity contribution >= 4 is 25.7 Å². The minimum atomic E-state index is -3.97. The molecule has 1 aromatic rings. The van der Waals surface area contributed by atoms with Gasteiger partial charge in [-0.25, -0.2) is 8.42 Å². The molecule has 0 aliphatic rings. The zero-order chi connectivity index (χ0) is 16.0. The predicted molar refractivity (Wildman–Crippen MR) is 77.5 cm³/mol. The van der Waals surface area contributed by atoms with E-state index in [0.717, 1.165) is 0 Å². The van der Waals surface area contributed by atoms with Gasteiger partial charge < -0.3 is 14.2 Å². The first-order chi connectivity index (χ1) is 9.83. The fourth-order valence-corrected chi connectivity index (χ4v) is 2.82. The van der Waals surface area contributed by atoms with Gasteiger partial charge in [-0.2, -0.15) is 0 Å². The van der Waals surface area contributed by atoms with Gasteiger partial charge in [0.15, 0.2) is 0 Å². The van der Waals surface area contributed by atoms with Gasteiger partial charge in [0.25, 0.3) is 9.05 Å². The zero-order valence-corrected chi connectivity index (χ0v) is 13.6. The molecular weight excluding hydrogens is 320 g/mol. The lowest BCUT2D eigenvalue weighted by molar-refractivity contribution is -0.143. The maximum absolute atomic E-state index is 11.6. The Hall–Kier alpha value is -1.47. The van der Waals surface area contributed by atoms with Crippen molar-refractivity contribution in [1.29, 1.82) is 0 Å². The Morgan fingerprint density at radius 2 is 1.81 bits per heavy atom. The van der Waals surface area contributed by atoms with Gasteiger partial charge in [0, 0.05) is 23.2 Å². The molecule has 0 bridgehead atoms. The average Bonchev–Trinajstić information content (AvgIpc) is 2.43. The third-order valence-electron chi connectivity index (χ3n) is 2.73. The number of aryl methyl sites for hydroxylation is 1. The highest BCUT2D eigenvalue weighted by atomic mass is 35.7. The summed E-state index contributed by atoms with van der Waals surface area (Å²) in [6.07, 6.45) is 0.379. The Kier molecular flexibility index (Phi) is 6.29. The number of rotatable bonds is 7. The highest BCUT2D eigenvalue weighted by Crippen LogP contribution is 2.34. The van der Waals surface area contributed by atoms with Gasteiger partial charge in [-0.05, 0) is 25.0 Å². The lowest BCUT2D eigenvalue weighted by atomic mass is 10.1. The largest absolute Gasteiger partial charge is 0.496 e. The molecule has 1 aromatic carbocycles. The van der Waals surface area contributed by atoms with Crippen molar-refractivity contribution in [3.05, 3.63) is 17.7 Å². The number of esters is 1. The van der Waals surface area contributed by atoms with Crippen molar-refractivity contribution in [3.8, 4) is 11.5 Å². The topological polar surface area (TPSA) is 78.9 Å². The number of hydrogen-bond acceptors (Lipinski definition) is 6. The molecule has 0 unspecified atom stereocenters. The fraction of sp³-hybridized carbons (Fsp3) is 0.462. The van der Waals surface area contributed by atoms with E-state index < -0.39 is 9.05 Å². The number of benzene rings is 1. The fourth-order valence-electron chi connectivity index (χ4n) is 1.79. The number of carbonyl (C=O) groups is 1. The molecule has 0 N–H and O–H groups in total. The van der Waals surface area contributed by atoms with Crippen molar-refractivity contribution in [3.63, 3.8) is 0 Å². The molecular formula is C13H17ClO6S. The number of hydrogen-bond donors (Lipinski definition) is 0. The molecule has 1 rings (SSSR count). The van der Waals surface area contributed by atoms with Crippen LogP contribution in [0.25, 0.3) is 0 Å². The molecule has 118 valence electrons. The average molecular weight is 337 g/mol. The van der Waals surface area contributed by atoms with Gasteiger partial charge in [0.05, 0.1) is 20.8 Å². The molecule has 0 spiro atoms. The summed E-state index contributed by atoms with van der Waals surface area (Å²) in [5.41, 5.74) is 0.533. The summed E-state index contributed by atoms with van der Waals surface area (Å²) < 4.78 is 38.1. The number of halogens is 1. The van der Waals surface area contributed by atoms with Crippen molar-refractivity contribution in [1.82, 2.24) is 0 Å². The first-order valence-electron chi connectivity index (χ1n) is 6.18. The van der Waals surface area contributed by atoms with E-state index in [4.69, 9.17) is 24.9 Å². The Balaban J connectivity index is 3.15. The monoisotopic (exact) mass is 336 g/mol. The Bertz CT molecular complexity index is 611. The molecule has 0 aliphatic heterocycles. The quantitative estimate of drug-likeness (QED) is 0.560. The van der Waals surface area contributed by atoms with E-state index in [1.165, 1.54) is 26.4 Å². The molecule has 0 saturated carbocycles. The van der Waals surface area contributed by atoms with Gasteiger partial charge in [0.1, 0.15) is 16.4 Å². The van der Waals surface area contributed by atoms with Crippen molar-refractivity contribution in [2.75, 3.05) is 20.8 Å². The van der Waals surface area contributed by atoms with Crippen molar-refractivity contribution in [2.24, 2.45) is 0 Å². The minimum Gasteiger partial charge on any atom is -0.496 e. The summed E-state index contributed by atoms with van der Waals surface area (Å²) in [5, 5.41) is 0. The van der Waals surface area contributed by atoms with Crippen LogP contribution in [0.2, 0.25) is 0 Å². The predicted octanol–water partition coefficient (Wildman–Crippen LogP) is 2.13. The van der Waals surface area contributed by atoms with Crippen LogP contribution in [0.1, 0.15) is 18.9 Å². The van der Waals surface area contributed by atoms with Crippen LogP contribution < -0.4 is 9.47 Å². The van der Waals surface area contributed by atoms with Gasteiger partial charge in [-0.1, -0.05) is 0 Å². The van der Waals surface area contributed by atoms with Gasteiger partial charge in [-0.15, -0.1) is 0 Å². The number of carbonyl (C=O) groups excluding carboxylic acids is 1. The number of ether oxygens (including phenoxy) is 3. The van der Waals surface area contributed by atoms with Crippen LogP contribution >= 0.6 is 10.7 Å². The van der Waals surface area contributed by atoms with E-state index in [0.29, 0.717) is 17.9 Å². The van der Waals surface area contributed by atoms with Crippen LogP contribution in [0.15, 0.2) is 17.0 Å².